The van der Waals surface area contributed by atoms with Crippen molar-refractivity contribution in [2.75, 3.05) is 7.11 Å². The average Bonchev–Trinajstić information content (AvgIpc) is 2.67. The number of aryl methyl sites for hydroxylation is 3. The van der Waals surface area contributed by atoms with Crippen molar-refractivity contribution in [2.45, 2.75) is 26.2 Å². The maximum atomic E-state index is 14.2. The Morgan fingerprint density at radius 2 is 1.32 bits per heavy atom. The van der Waals surface area contributed by atoms with Crippen LogP contribution >= 0.6 is 0 Å². The number of benzene rings is 3. The van der Waals surface area contributed by atoms with Gasteiger partial charge in [0.05, 0.1) is 7.11 Å². The van der Waals surface area contributed by atoms with Gasteiger partial charge in [-0.1, -0.05) is 55.5 Å². The second kappa shape index (κ2) is 7.98. The van der Waals surface area contributed by atoms with E-state index >= 15 is 0 Å². The summed E-state index contributed by atoms with van der Waals surface area (Å²) < 4.78 is 19.4. The minimum Gasteiger partial charge on any atom is -0.497 e. The number of rotatable bonds is 6. The lowest BCUT2D eigenvalue weighted by atomic mass is 9.99. The van der Waals surface area contributed by atoms with E-state index in [0.29, 0.717) is 5.56 Å². The van der Waals surface area contributed by atoms with E-state index in [9.17, 15) is 4.39 Å². The fourth-order valence-electron chi connectivity index (χ4n) is 2.94. The van der Waals surface area contributed by atoms with E-state index < -0.39 is 0 Å². The van der Waals surface area contributed by atoms with Crippen molar-refractivity contribution in [3.8, 4) is 16.9 Å². The third-order valence-corrected chi connectivity index (χ3v) is 4.57. The molecule has 0 saturated heterocycles. The zero-order valence-electron chi connectivity index (χ0n) is 14.8. The van der Waals surface area contributed by atoms with E-state index in [1.165, 1.54) is 11.1 Å². The Labute approximate surface area is 149 Å². The molecule has 0 fully saturated rings. The number of ether oxygens (including phenoxy) is 1. The number of hydrogen-bond donors (Lipinski definition) is 0. The van der Waals surface area contributed by atoms with Gasteiger partial charge in [-0.15, -0.1) is 0 Å². The summed E-state index contributed by atoms with van der Waals surface area (Å²) in [5.41, 5.74) is 5.15. The van der Waals surface area contributed by atoms with E-state index in [1.807, 2.05) is 43.3 Å². The quantitative estimate of drug-likeness (QED) is 0.549. The van der Waals surface area contributed by atoms with Crippen LogP contribution in [-0.2, 0) is 19.3 Å². The van der Waals surface area contributed by atoms with Gasteiger partial charge in [-0.25, -0.2) is 4.39 Å². The van der Waals surface area contributed by atoms with Gasteiger partial charge in [0.1, 0.15) is 11.6 Å². The first-order chi connectivity index (χ1) is 12.2. The largest absolute Gasteiger partial charge is 0.497 e. The van der Waals surface area contributed by atoms with E-state index in [1.54, 1.807) is 13.2 Å². The van der Waals surface area contributed by atoms with Crippen LogP contribution in [0.15, 0.2) is 66.7 Å². The Bertz CT molecular complexity index is 820. The molecule has 128 valence electrons. The van der Waals surface area contributed by atoms with Crippen LogP contribution in [-0.4, -0.2) is 7.11 Å². The smallest absolute Gasteiger partial charge is 0.131 e. The summed E-state index contributed by atoms with van der Waals surface area (Å²) >= 11 is 0. The highest BCUT2D eigenvalue weighted by Gasteiger charge is 2.06. The molecule has 2 heteroatoms. The highest BCUT2D eigenvalue weighted by Crippen LogP contribution is 2.24. The highest BCUT2D eigenvalue weighted by atomic mass is 19.1. The first-order valence-electron chi connectivity index (χ1n) is 8.70. The van der Waals surface area contributed by atoms with Crippen molar-refractivity contribution >= 4 is 0 Å². The molecule has 25 heavy (non-hydrogen) atoms. The molecule has 0 aromatic heterocycles. The van der Waals surface area contributed by atoms with Crippen molar-refractivity contribution in [3.05, 3.63) is 89.2 Å². The summed E-state index contributed by atoms with van der Waals surface area (Å²) in [5.74, 6) is 0.731. The molecule has 0 radical (unpaired) electrons. The van der Waals surface area contributed by atoms with Crippen molar-refractivity contribution in [2.24, 2.45) is 0 Å². The SMILES string of the molecule is CCc1ccc(-c2ccc(CCc3ccc(OC)cc3)cc2)c(F)c1. The lowest BCUT2D eigenvalue weighted by Gasteiger charge is -2.08. The van der Waals surface area contributed by atoms with E-state index in [4.69, 9.17) is 4.74 Å². The lowest BCUT2D eigenvalue weighted by Crippen LogP contribution is -1.93. The molecule has 3 aromatic rings. The second-order valence-corrected chi connectivity index (χ2v) is 6.21. The molecule has 0 bridgehead atoms. The molecule has 0 unspecified atom stereocenters. The van der Waals surface area contributed by atoms with Crippen LogP contribution in [0.3, 0.4) is 0 Å². The molecule has 0 aliphatic heterocycles. The van der Waals surface area contributed by atoms with Crippen LogP contribution < -0.4 is 4.74 Å². The second-order valence-electron chi connectivity index (χ2n) is 6.21. The normalized spacial score (nSPS) is 10.7. The highest BCUT2D eigenvalue weighted by molar-refractivity contribution is 5.64. The molecular formula is C23H23FO. The van der Waals surface area contributed by atoms with Crippen LogP contribution in [0.5, 0.6) is 5.75 Å². The van der Waals surface area contributed by atoms with Gasteiger partial charge in [0.2, 0.25) is 0 Å². The van der Waals surface area contributed by atoms with Crippen LogP contribution in [0.4, 0.5) is 4.39 Å². The number of halogens is 1. The molecule has 3 aromatic carbocycles. The Hall–Kier alpha value is -2.61. The average molecular weight is 334 g/mol. The van der Waals surface area contributed by atoms with Crippen molar-refractivity contribution in [1.29, 1.82) is 0 Å². The fraction of sp³-hybridized carbons (Fsp3) is 0.217. The standard InChI is InChI=1S/C23H23FO/c1-3-17-10-15-22(23(24)16-17)20-11-6-18(7-12-20)4-5-19-8-13-21(25-2)14-9-19/h6-16H,3-5H2,1-2H3. The van der Waals surface area contributed by atoms with Gasteiger partial charge < -0.3 is 4.74 Å². The Morgan fingerprint density at radius 3 is 1.84 bits per heavy atom. The van der Waals surface area contributed by atoms with Crippen LogP contribution in [0.25, 0.3) is 11.1 Å². The summed E-state index contributed by atoms with van der Waals surface area (Å²) in [6, 6.07) is 21.9. The minimum absolute atomic E-state index is 0.148. The first kappa shape index (κ1) is 17.2. The molecule has 0 spiro atoms. The Kier molecular flexibility index (Phi) is 5.49. The lowest BCUT2D eigenvalue weighted by molar-refractivity contribution is 0.414. The topological polar surface area (TPSA) is 9.23 Å². The third-order valence-electron chi connectivity index (χ3n) is 4.57. The maximum absolute atomic E-state index is 14.2. The zero-order valence-corrected chi connectivity index (χ0v) is 14.8. The van der Waals surface area contributed by atoms with Crippen molar-refractivity contribution < 1.29 is 9.13 Å². The van der Waals surface area contributed by atoms with Crippen LogP contribution in [0.2, 0.25) is 0 Å². The number of methoxy groups -OCH3 is 1. The molecule has 1 nitrogen and oxygen atoms in total. The van der Waals surface area contributed by atoms with Gasteiger partial charge in [-0.05, 0) is 59.7 Å². The van der Waals surface area contributed by atoms with Gasteiger partial charge in [0, 0.05) is 5.56 Å². The van der Waals surface area contributed by atoms with Gasteiger partial charge >= 0.3 is 0 Å². The van der Waals surface area contributed by atoms with Gasteiger partial charge in [0.25, 0.3) is 0 Å². The molecule has 0 amide bonds. The summed E-state index contributed by atoms with van der Waals surface area (Å²) in [7, 11) is 1.68. The molecule has 0 atom stereocenters. The Balaban J connectivity index is 1.67. The van der Waals surface area contributed by atoms with Crippen LogP contribution in [0.1, 0.15) is 23.6 Å². The molecular weight excluding hydrogens is 311 g/mol. The summed E-state index contributed by atoms with van der Waals surface area (Å²) in [6.07, 6.45) is 2.79. The first-order valence-corrected chi connectivity index (χ1v) is 8.70. The zero-order chi connectivity index (χ0) is 17.6. The van der Waals surface area contributed by atoms with Crippen molar-refractivity contribution in [3.63, 3.8) is 0 Å². The molecule has 0 saturated carbocycles. The molecule has 0 aliphatic carbocycles. The van der Waals surface area contributed by atoms with Gasteiger partial charge in [0.15, 0.2) is 0 Å². The summed E-state index contributed by atoms with van der Waals surface area (Å²) in [4.78, 5) is 0. The van der Waals surface area contributed by atoms with E-state index in [0.717, 1.165) is 36.1 Å². The number of hydrogen-bond acceptors (Lipinski definition) is 1. The molecule has 3 rings (SSSR count). The molecule has 0 N–H and O–H groups in total. The predicted octanol–water partition coefficient (Wildman–Crippen LogP) is 5.85. The predicted molar refractivity (Wildman–Crippen MR) is 102 cm³/mol. The van der Waals surface area contributed by atoms with Gasteiger partial charge in [-0.2, -0.15) is 0 Å². The molecule has 0 heterocycles. The van der Waals surface area contributed by atoms with E-state index in [2.05, 4.69) is 24.3 Å². The van der Waals surface area contributed by atoms with Gasteiger partial charge in [-0.3, -0.25) is 0 Å². The van der Waals surface area contributed by atoms with E-state index in [-0.39, 0.29) is 5.82 Å². The van der Waals surface area contributed by atoms with Crippen molar-refractivity contribution in [1.82, 2.24) is 0 Å². The fourth-order valence-corrected chi connectivity index (χ4v) is 2.94. The third kappa shape index (κ3) is 4.27. The maximum Gasteiger partial charge on any atom is 0.131 e. The summed E-state index contributed by atoms with van der Waals surface area (Å²) in [6.45, 7) is 2.03. The molecule has 0 aliphatic rings. The minimum atomic E-state index is -0.148. The Morgan fingerprint density at radius 1 is 0.760 bits per heavy atom. The monoisotopic (exact) mass is 334 g/mol. The summed E-state index contributed by atoms with van der Waals surface area (Å²) in [5, 5.41) is 0. The van der Waals surface area contributed by atoms with Crippen LogP contribution in [0, 0.1) is 5.82 Å².